The third-order valence-corrected chi connectivity index (χ3v) is 5.41. The first kappa shape index (κ1) is 13.9. The summed E-state index contributed by atoms with van der Waals surface area (Å²) in [7, 11) is 0. The number of thioether (sulfide) groups is 1. The van der Waals surface area contributed by atoms with E-state index in [0.717, 1.165) is 17.4 Å². The van der Waals surface area contributed by atoms with Crippen LogP contribution >= 0.6 is 11.8 Å². The Bertz CT molecular complexity index is 383. The summed E-state index contributed by atoms with van der Waals surface area (Å²) in [6.45, 7) is 3.01. The van der Waals surface area contributed by atoms with E-state index in [2.05, 4.69) is 6.92 Å². The Hall–Kier alpha value is -0.540. The highest BCUT2D eigenvalue weighted by molar-refractivity contribution is 8.00. The zero-order valence-corrected chi connectivity index (χ0v) is 11.8. The van der Waals surface area contributed by atoms with Crippen LogP contribution in [0.3, 0.4) is 0 Å². The van der Waals surface area contributed by atoms with Crippen molar-refractivity contribution in [3.8, 4) is 0 Å². The molecule has 0 bridgehead atoms. The van der Waals surface area contributed by atoms with Gasteiger partial charge in [-0.1, -0.05) is 25.8 Å². The Morgan fingerprint density at radius 3 is 2.89 bits per heavy atom. The number of nitrogens with two attached hydrogens (primary N) is 1. The van der Waals surface area contributed by atoms with Gasteiger partial charge < -0.3 is 5.73 Å². The van der Waals surface area contributed by atoms with Crippen LogP contribution in [-0.2, 0) is 0 Å². The Kier molecular flexibility index (Phi) is 5.07. The molecule has 0 spiro atoms. The first-order valence-electron chi connectivity index (χ1n) is 6.85. The minimum atomic E-state index is -0.146. The van der Waals surface area contributed by atoms with Gasteiger partial charge in [0.15, 0.2) is 0 Å². The molecule has 2 rings (SSSR count). The summed E-state index contributed by atoms with van der Waals surface area (Å²) in [6.07, 6.45) is 5.00. The van der Waals surface area contributed by atoms with Crippen molar-refractivity contribution in [1.29, 1.82) is 0 Å². The van der Waals surface area contributed by atoms with Crippen molar-refractivity contribution < 1.29 is 4.39 Å². The smallest absolute Gasteiger partial charge is 0.124 e. The van der Waals surface area contributed by atoms with Gasteiger partial charge in [-0.3, -0.25) is 0 Å². The quantitative estimate of drug-likeness (QED) is 0.890. The van der Waals surface area contributed by atoms with Gasteiger partial charge in [0.25, 0.3) is 0 Å². The summed E-state index contributed by atoms with van der Waals surface area (Å²) in [5, 5.41) is 0.551. The Morgan fingerprint density at radius 1 is 1.39 bits per heavy atom. The molecule has 2 N–H and O–H groups in total. The molecular formula is C15H22FNS. The third kappa shape index (κ3) is 3.48. The molecule has 0 heterocycles. The summed E-state index contributed by atoms with van der Waals surface area (Å²) in [6, 6.07) is 6.92. The van der Waals surface area contributed by atoms with E-state index >= 15 is 0 Å². The van der Waals surface area contributed by atoms with Crippen LogP contribution in [0.15, 0.2) is 29.2 Å². The van der Waals surface area contributed by atoms with E-state index < -0.39 is 0 Å². The van der Waals surface area contributed by atoms with Gasteiger partial charge in [0.1, 0.15) is 5.82 Å². The molecule has 1 fully saturated rings. The summed E-state index contributed by atoms with van der Waals surface area (Å²) in [5.74, 6) is 1.26. The summed E-state index contributed by atoms with van der Waals surface area (Å²) < 4.78 is 13.2. The number of rotatable bonds is 4. The lowest BCUT2D eigenvalue weighted by molar-refractivity contribution is 0.284. The second-order valence-corrected chi connectivity index (χ2v) is 6.51. The zero-order valence-electron chi connectivity index (χ0n) is 10.9. The van der Waals surface area contributed by atoms with Crippen molar-refractivity contribution >= 4 is 11.8 Å². The van der Waals surface area contributed by atoms with Gasteiger partial charge in [0.05, 0.1) is 0 Å². The Labute approximate surface area is 113 Å². The van der Waals surface area contributed by atoms with Gasteiger partial charge in [-0.05, 0) is 49.4 Å². The maximum absolute atomic E-state index is 13.2. The fourth-order valence-corrected chi connectivity index (χ4v) is 4.27. The van der Waals surface area contributed by atoms with E-state index in [1.165, 1.54) is 31.7 Å². The van der Waals surface area contributed by atoms with E-state index in [-0.39, 0.29) is 5.82 Å². The fraction of sp³-hybridized carbons (Fsp3) is 0.600. The van der Waals surface area contributed by atoms with Crippen molar-refractivity contribution in [2.45, 2.75) is 42.8 Å². The summed E-state index contributed by atoms with van der Waals surface area (Å²) >= 11 is 1.81. The predicted molar refractivity (Wildman–Crippen MR) is 76.2 cm³/mol. The molecule has 100 valence electrons. The van der Waals surface area contributed by atoms with Crippen LogP contribution in [0.25, 0.3) is 0 Å². The largest absolute Gasteiger partial charge is 0.330 e. The molecule has 18 heavy (non-hydrogen) atoms. The van der Waals surface area contributed by atoms with Crippen LogP contribution in [-0.4, -0.2) is 11.8 Å². The van der Waals surface area contributed by atoms with Crippen molar-refractivity contribution in [3.05, 3.63) is 30.1 Å². The molecule has 1 aromatic rings. The number of hydrogen-bond acceptors (Lipinski definition) is 2. The summed E-state index contributed by atoms with van der Waals surface area (Å²) in [5.41, 5.74) is 5.88. The van der Waals surface area contributed by atoms with E-state index in [1.54, 1.807) is 12.1 Å². The molecule has 3 unspecified atom stereocenters. The monoisotopic (exact) mass is 267 g/mol. The molecule has 1 aliphatic carbocycles. The molecule has 1 nitrogen and oxygen atoms in total. The minimum Gasteiger partial charge on any atom is -0.330 e. The number of halogens is 1. The lowest BCUT2D eigenvalue weighted by Gasteiger charge is -2.35. The van der Waals surface area contributed by atoms with Crippen LogP contribution in [0.4, 0.5) is 4.39 Å². The highest BCUT2D eigenvalue weighted by Gasteiger charge is 2.29. The highest BCUT2D eigenvalue weighted by Crippen LogP contribution is 2.40. The van der Waals surface area contributed by atoms with Gasteiger partial charge in [0, 0.05) is 10.1 Å². The van der Waals surface area contributed by atoms with Crippen molar-refractivity contribution in [2.24, 2.45) is 17.6 Å². The second-order valence-electron chi connectivity index (χ2n) is 5.20. The molecular weight excluding hydrogens is 245 g/mol. The molecule has 1 aromatic carbocycles. The molecule has 1 aliphatic rings. The first-order valence-corrected chi connectivity index (χ1v) is 7.73. The fourth-order valence-electron chi connectivity index (χ4n) is 2.77. The molecule has 0 saturated heterocycles. The Balaban J connectivity index is 2.04. The average Bonchev–Trinajstić information content (AvgIpc) is 2.38. The Morgan fingerprint density at radius 2 is 2.22 bits per heavy atom. The van der Waals surface area contributed by atoms with Gasteiger partial charge >= 0.3 is 0 Å². The normalized spacial score (nSPS) is 28.3. The van der Waals surface area contributed by atoms with Crippen LogP contribution in [0.2, 0.25) is 0 Å². The van der Waals surface area contributed by atoms with Crippen molar-refractivity contribution in [3.63, 3.8) is 0 Å². The first-order chi connectivity index (χ1) is 8.72. The minimum absolute atomic E-state index is 0.146. The molecule has 1 saturated carbocycles. The van der Waals surface area contributed by atoms with Gasteiger partial charge in [-0.2, -0.15) is 0 Å². The third-order valence-electron chi connectivity index (χ3n) is 4.00. The van der Waals surface area contributed by atoms with Crippen LogP contribution in [0.1, 0.15) is 32.6 Å². The zero-order chi connectivity index (χ0) is 13.0. The molecule has 0 aliphatic heterocycles. The highest BCUT2D eigenvalue weighted by atomic mass is 32.2. The summed E-state index contributed by atoms with van der Waals surface area (Å²) in [4.78, 5) is 1.04. The maximum atomic E-state index is 13.2. The predicted octanol–water partition coefficient (Wildman–Crippen LogP) is 4.07. The van der Waals surface area contributed by atoms with E-state index in [0.29, 0.717) is 11.2 Å². The molecule has 0 aromatic heterocycles. The van der Waals surface area contributed by atoms with Crippen LogP contribution < -0.4 is 5.73 Å². The van der Waals surface area contributed by atoms with E-state index in [4.69, 9.17) is 5.73 Å². The number of benzene rings is 1. The van der Waals surface area contributed by atoms with Crippen molar-refractivity contribution in [1.82, 2.24) is 0 Å². The lowest BCUT2D eigenvalue weighted by Crippen LogP contribution is -2.32. The lowest BCUT2D eigenvalue weighted by atomic mass is 9.80. The average molecular weight is 267 g/mol. The standard InChI is InChI=1S/C15H22FNS/c1-2-11-6-7-12(10-17)15(8-11)18-14-5-3-4-13(16)9-14/h3-5,9,11-12,15H,2,6-8,10,17H2,1H3. The number of hydrogen-bond donors (Lipinski definition) is 1. The van der Waals surface area contributed by atoms with Gasteiger partial charge in [-0.25, -0.2) is 4.39 Å². The van der Waals surface area contributed by atoms with E-state index in [1.807, 2.05) is 17.8 Å². The molecule has 3 heteroatoms. The molecule has 0 radical (unpaired) electrons. The van der Waals surface area contributed by atoms with Gasteiger partial charge in [0.2, 0.25) is 0 Å². The van der Waals surface area contributed by atoms with Crippen LogP contribution in [0, 0.1) is 17.7 Å². The molecule has 3 atom stereocenters. The van der Waals surface area contributed by atoms with Gasteiger partial charge in [-0.15, -0.1) is 11.8 Å². The van der Waals surface area contributed by atoms with Crippen molar-refractivity contribution in [2.75, 3.05) is 6.54 Å². The molecule has 0 amide bonds. The van der Waals surface area contributed by atoms with E-state index in [9.17, 15) is 4.39 Å². The maximum Gasteiger partial charge on any atom is 0.124 e. The SMILES string of the molecule is CCC1CCC(CN)C(Sc2cccc(F)c2)C1. The topological polar surface area (TPSA) is 26.0 Å². The second kappa shape index (κ2) is 6.58. The van der Waals surface area contributed by atoms with Crippen LogP contribution in [0.5, 0.6) is 0 Å².